The van der Waals surface area contributed by atoms with Crippen molar-refractivity contribution in [3.05, 3.63) is 98.8 Å². The molecule has 2 amide bonds. The number of hydrogen-bond donors (Lipinski definition) is 0. The molecule has 33 heavy (non-hydrogen) atoms. The molecular weight excluding hydrogens is 420 g/mol. The van der Waals surface area contributed by atoms with Gasteiger partial charge < -0.3 is 18.6 Å². The van der Waals surface area contributed by atoms with Gasteiger partial charge in [-0.3, -0.25) is 14.4 Å². The minimum Gasteiger partial charge on any atom is -0.467 e. The van der Waals surface area contributed by atoms with Crippen molar-refractivity contribution in [1.29, 1.82) is 0 Å². The number of carbonyl (C=O) groups is 2. The Morgan fingerprint density at radius 2 is 1.73 bits per heavy atom. The molecule has 2 aromatic heterocycles. The van der Waals surface area contributed by atoms with Gasteiger partial charge in [0.05, 0.1) is 23.8 Å². The highest BCUT2D eigenvalue weighted by Crippen LogP contribution is 2.52. The van der Waals surface area contributed by atoms with Gasteiger partial charge >= 0.3 is 0 Å². The third kappa shape index (κ3) is 2.31. The second-order valence-electron chi connectivity index (χ2n) is 8.63. The van der Waals surface area contributed by atoms with Crippen molar-refractivity contribution in [2.75, 3.05) is 11.9 Å². The molecule has 4 heterocycles. The zero-order valence-corrected chi connectivity index (χ0v) is 18.3. The maximum absolute atomic E-state index is 14.0. The summed E-state index contributed by atoms with van der Waals surface area (Å²) in [6.45, 7) is 3.84. The maximum Gasteiger partial charge on any atom is 0.291 e. The smallest absolute Gasteiger partial charge is 0.291 e. The zero-order chi connectivity index (χ0) is 23.1. The largest absolute Gasteiger partial charge is 0.467 e. The number of carbonyl (C=O) groups excluding carboxylic acids is 2. The molecule has 1 unspecified atom stereocenters. The van der Waals surface area contributed by atoms with Gasteiger partial charge in [0.2, 0.25) is 5.76 Å². The third-order valence-corrected chi connectivity index (χ3v) is 6.88. The van der Waals surface area contributed by atoms with Crippen LogP contribution in [0.4, 0.5) is 5.69 Å². The first kappa shape index (κ1) is 19.5. The van der Waals surface area contributed by atoms with Gasteiger partial charge in [-0.15, -0.1) is 0 Å². The molecule has 164 valence electrons. The minimum absolute atomic E-state index is 0.0117. The van der Waals surface area contributed by atoms with E-state index in [1.807, 2.05) is 26.0 Å². The van der Waals surface area contributed by atoms with Crippen molar-refractivity contribution in [3.63, 3.8) is 0 Å². The van der Waals surface area contributed by atoms with Crippen LogP contribution in [0.1, 0.15) is 38.6 Å². The Kier molecular flexibility index (Phi) is 3.82. The van der Waals surface area contributed by atoms with Crippen LogP contribution in [0.5, 0.6) is 0 Å². The van der Waals surface area contributed by atoms with E-state index in [1.165, 1.54) is 16.1 Å². The molecule has 0 bridgehead atoms. The summed E-state index contributed by atoms with van der Waals surface area (Å²) in [6, 6.07) is 14.2. The van der Waals surface area contributed by atoms with E-state index >= 15 is 0 Å². The van der Waals surface area contributed by atoms with Crippen molar-refractivity contribution in [2.45, 2.75) is 25.9 Å². The molecule has 0 saturated carbocycles. The molecule has 0 radical (unpaired) electrons. The van der Waals surface area contributed by atoms with Crippen LogP contribution in [-0.4, -0.2) is 23.8 Å². The molecule has 2 aromatic carbocycles. The minimum atomic E-state index is -1.63. The molecule has 6 rings (SSSR count). The van der Waals surface area contributed by atoms with Gasteiger partial charge in [-0.05, 0) is 55.3 Å². The monoisotopic (exact) mass is 440 g/mol. The lowest BCUT2D eigenvalue weighted by Crippen LogP contribution is -2.52. The lowest BCUT2D eigenvalue weighted by molar-refractivity contribution is -0.126. The van der Waals surface area contributed by atoms with Crippen LogP contribution in [-0.2, 0) is 16.9 Å². The second kappa shape index (κ2) is 6.45. The molecule has 4 aromatic rings. The summed E-state index contributed by atoms with van der Waals surface area (Å²) in [4.78, 5) is 44.6. The van der Waals surface area contributed by atoms with Crippen LogP contribution >= 0.6 is 0 Å². The predicted octanol–water partition coefficient (Wildman–Crippen LogP) is 3.88. The van der Waals surface area contributed by atoms with Crippen LogP contribution < -0.4 is 10.3 Å². The van der Waals surface area contributed by atoms with E-state index in [4.69, 9.17) is 8.83 Å². The van der Waals surface area contributed by atoms with E-state index in [9.17, 15) is 14.4 Å². The normalized spacial score (nSPS) is 19.1. The number of hydrogen-bond acceptors (Lipinski definition) is 5. The summed E-state index contributed by atoms with van der Waals surface area (Å²) in [7, 11) is 1.65. The summed E-state index contributed by atoms with van der Waals surface area (Å²) >= 11 is 0. The van der Waals surface area contributed by atoms with Crippen molar-refractivity contribution < 1.29 is 18.4 Å². The van der Waals surface area contributed by atoms with Crippen LogP contribution in [0.2, 0.25) is 0 Å². The van der Waals surface area contributed by atoms with Gasteiger partial charge in [0.15, 0.2) is 11.0 Å². The molecule has 0 N–H and O–H groups in total. The van der Waals surface area contributed by atoms with E-state index < -0.39 is 11.4 Å². The highest BCUT2D eigenvalue weighted by atomic mass is 16.4. The Labute approximate surface area is 188 Å². The summed E-state index contributed by atoms with van der Waals surface area (Å²) in [5, 5.41) is 0.351. The summed E-state index contributed by atoms with van der Waals surface area (Å²) in [5.41, 5.74) is 1.49. The number of fused-ring (bicyclic) bond motifs is 5. The summed E-state index contributed by atoms with van der Waals surface area (Å²) in [5.74, 6) is -0.491. The lowest BCUT2D eigenvalue weighted by atomic mass is 9.83. The average molecular weight is 440 g/mol. The lowest BCUT2D eigenvalue weighted by Gasteiger charge is -2.33. The molecule has 2 aliphatic rings. The standard InChI is InChI=1S/C26H20N2O5/c1-14-11-17-20(12-15(14)2)33-23-21(22(17)29)26(28(24(23)30)13-16-7-6-10-32-16)18-8-4-5-9-19(18)27(3)25(26)31/h4-12H,13H2,1-3H3. The third-order valence-electron chi connectivity index (χ3n) is 6.88. The SMILES string of the molecule is Cc1cc2oc3c(c(=O)c2cc1C)C1(C(=O)N(C)c2ccccc21)N(Cc1ccco1)C3=O. The van der Waals surface area contributed by atoms with Crippen molar-refractivity contribution in [3.8, 4) is 0 Å². The number of para-hydroxylation sites is 1. The molecule has 2 aliphatic heterocycles. The molecule has 0 fully saturated rings. The van der Waals surface area contributed by atoms with E-state index in [0.717, 1.165) is 11.1 Å². The second-order valence-corrected chi connectivity index (χ2v) is 8.63. The fraction of sp³-hybridized carbons (Fsp3) is 0.192. The average Bonchev–Trinajstić information content (AvgIpc) is 3.46. The van der Waals surface area contributed by atoms with Gasteiger partial charge in [0.1, 0.15) is 11.3 Å². The maximum atomic E-state index is 14.0. The van der Waals surface area contributed by atoms with E-state index in [2.05, 4.69) is 0 Å². The molecule has 0 aliphatic carbocycles. The van der Waals surface area contributed by atoms with Crippen LogP contribution in [0, 0.1) is 13.8 Å². The number of benzene rings is 2. The Morgan fingerprint density at radius 1 is 0.970 bits per heavy atom. The molecule has 7 nitrogen and oxygen atoms in total. The van der Waals surface area contributed by atoms with Gasteiger partial charge in [-0.1, -0.05) is 18.2 Å². The van der Waals surface area contributed by atoms with Crippen molar-refractivity contribution >= 4 is 28.5 Å². The van der Waals surface area contributed by atoms with Gasteiger partial charge in [-0.2, -0.15) is 0 Å². The van der Waals surface area contributed by atoms with Gasteiger partial charge in [0.25, 0.3) is 11.8 Å². The first-order valence-electron chi connectivity index (χ1n) is 10.7. The molecule has 0 saturated heterocycles. The number of rotatable bonds is 2. The topological polar surface area (TPSA) is 84.0 Å². The number of likely N-dealkylation sites (N-methyl/N-ethyl adjacent to an activating group) is 1. The fourth-order valence-electron chi connectivity index (χ4n) is 5.13. The van der Waals surface area contributed by atoms with Gasteiger partial charge in [-0.25, -0.2) is 0 Å². The van der Waals surface area contributed by atoms with E-state index in [-0.39, 0.29) is 29.2 Å². The van der Waals surface area contributed by atoms with Crippen LogP contribution in [0.25, 0.3) is 11.0 Å². The van der Waals surface area contributed by atoms with Gasteiger partial charge in [0, 0.05) is 18.3 Å². The molecular formula is C26H20N2O5. The van der Waals surface area contributed by atoms with E-state index in [0.29, 0.717) is 28.0 Å². The predicted molar refractivity (Wildman–Crippen MR) is 121 cm³/mol. The highest BCUT2D eigenvalue weighted by molar-refractivity contribution is 6.16. The number of nitrogens with zero attached hydrogens (tertiary/aromatic N) is 2. The summed E-state index contributed by atoms with van der Waals surface area (Å²) < 4.78 is 11.6. The fourth-order valence-corrected chi connectivity index (χ4v) is 5.13. The number of anilines is 1. The van der Waals surface area contributed by atoms with Crippen LogP contribution in [0.3, 0.4) is 0 Å². The number of furan rings is 1. The molecule has 1 atom stereocenters. The van der Waals surface area contributed by atoms with Crippen molar-refractivity contribution in [1.82, 2.24) is 4.90 Å². The Morgan fingerprint density at radius 3 is 2.48 bits per heavy atom. The Balaban J connectivity index is 1.75. The first-order valence-corrected chi connectivity index (χ1v) is 10.7. The molecule has 1 spiro atoms. The number of amides is 2. The Hall–Kier alpha value is -4.13. The van der Waals surface area contributed by atoms with Crippen LogP contribution in [0.15, 0.2) is 68.4 Å². The zero-order valence-electron chi connectivity index (χ0n) is 18.3. The quantitative estimate of drug-likeness (QED) is 0.472. The van der Waals surface area contributed by atoms with E-state index in [1.54, 1.807) is 43.4 Å². The Bertz CT molecular complexity index is 1550. The molecule has 7 heteroatoms. The summed E-state index contributed by atoms with van der Waals surface area (Å²) in [6.07, 6.45) is 1.51. The first-order chi connectivity index (χ1) is 15.9. The van der Waals surface area contributed by atoms with Crippen molar-refractivity contribution in [2.24, 2.45) is 0 Å². The number of aryl methyl sites for hydroxylation is 2. The highest BCUT2D eigenvalue weighted by Gasteiger charge is 2.64.